The number of hydrogen-bond acceptors (Lipinski definition) is 3. The van der Waals surface area contributed by atoms with Crippen molar-refractivity contribution < 1.29 is 15.0 Å². The summed E-state index contributed by atoms with van der Waals surface area (Å²) in [6, 6.07) is 14.5. The zero-order valence-corrected chi connectivity index (χ0v) is 12.8. The number of carboxylic acid groups (broad SMARTS) is 1. The summed E-state index contributed by atoms with van der Waals surface area (Å²) in [6.07, 6.45) is 0. The Bertz CT molecular complexity index is 906. The van der Waals surface area contributed by atoms with Crippen LogP contribution in [-0.2, 0) is 0 Å². The van der Waals surface area contributed by atoms with E-state index in [4.69, 9.17) is 0 Å². The van der Waals surface area contributed by atoms with Gasteiger partial charge in [0.05, 0.1) is 0 Å². The Labute approximate surface area is 169 Å². The predicted molar refractivity (Wildman–Crippen MR) is 98.5 cm³/mol. The fraction of sp³-hybridized carbons (Fsp3) is 0.0556. The van der Waals surface area contributed by atoms with Gasteiger partial charge in [-0.2, -0.15) is 0 Å². The molecule has 0 aliphatic carbocycles. The Kier molecular flexibility index (Phi) is 5.63. The second-order valence-corrected chi connectivity index (χ2v) is 5.68. The fourth-order valence-corrected chi connectivity index (χ4v) is 3.02. The van der Waals surface area contributed by atoms with Crippen LogP contribution in [0.4, 0.5) is 0 Å². The van der Waals surface area contributed by atoms with Crippen molar-refractivity contribution in [2.24, 2.45) is 0 Å². The number of phenols is 1. The van der Waals surface area contributed by atoms with Gasteiger partial charge in [0, 0.05) is 10.5 Å². The van der Waals surface area contributed by atoms with Gasteiger partial charge in [0.2, 0.25) is 0 Å². The Morgan fingerprint density at radius 2 is 1.78 bits per heavy atom. The van der Waals surface area contributed by atoms with E-state index in [1.807, 2.05) is 49.4 Å². The molecule has 3 rings (SSSR count). The van der Waals surface area contributed by atoms with Gasteiger partial charge in [-0.1, -0.05) is 36.4 Å². The molecule has 5 heteroatoms. The zero-order valence-electron chi connectivity index (χ0n) is 11.9. The summed E-state index contributed by atoms with van der Waals surface area (Å²) in [7, 11) is 0. The number of carbonyl (C=O) groups is 1. The minimum absolute atomic E-state index is 0. The quantitative estimate of drug-likeness (QED) is 0.488. The molecule has 2 N–H and O–H groups in total. The van der Waals surface area contributed by atoms with E-state index in [1.165, 1.54) is 6.07 Å². The molecule has 0 heterocycles. The molecule has 0 fully saturated rings. The van der Waals surface area contributed by atoms with E-state index >= 15 is 0 Å². The molecule has 0 amide bonds. The molecule has 0 atom stereocenters. The van der Waals surface area contributed by atoms with E-state index in [-0.39, 0.29) is 49.1 Å². The van der Waals surface area contributed by atoms with Gasteiger partial charge in [0.1, 0.15) is 11.3 Å². The molecule has 0 saturated carbocycles. The van der Waals surface area contributed by atoms with Crippen molar-refractivity contribution in [1.82, 2.24) is 0 Å². The predicted octanol–water partition coefficient (Wildman–Crippen LogP) is 3.59. The molecule has 114 valence electrons. The summed E-state index contributed by atoms with van der Waals surface area (Å²) in [6.45, 7) is 1.95. The molecule has 0 aliphatic rings. The van der Waals surface area contributed by atoms with Gasteiger partial charge < -0.3 is 10.2 Å². The second kappa shape index (κ2) is 7.14. The molecular weight excluding hydrogens is 336 g/mol. The first-order valence-corrected chi connectivity index (χ1v) is 7.21. The van der Waals surface area contributed by atoms with Crippen molar-refractivity contribution in [3.8, 4) is 16.9 Å². The third-order valence-corrected chi connectivity index (χ3v) is 4.04. The average Bonchev–Trinajstić information content (AvgIpc) is 2.47. The van der Waals surface area contributed by atoms with E-state index < -0.39 is 5.97 Å². The number of hydrogen-bond donors (Lipinski definition) is 3. The van der Waals surface area contributed by atoms with E-state index in [0.717, 1.165) is 16.3 Å². The van der Waals surface area contributed by atoms with Crippen LogP contribution in [0, 0.1) is 6.92 Å². The van der Waals surface area contributed by atoms with Gasteiger partial charge >= 0.3 is 43.7 Å². The van der Waals surface area contributed by atoms with Crippen molar-refractivity contribution in [1.29, 1.82) is 0 Å². The summed E-state index contributed by atoms with van der Waals surface area (Å²) in [5.74, 6) is -1.39. The first-order chi connectivity index (χ1) is 10.5. The molecule has 0 aliphatic heterocycles. The first-order valence-electron chi connectivity index (χ1n) is 6.77. The topological polar surface area (TPSA) is 57.5 Å². The maximum absolute atomic E-state index is 11.4. The van der Waals surface area contributed by atoms with E-state index in [0.29, 0.717) is 16.0 Å². The summed E-state index contributed by atoms with van der Waals surface area (Å²) >= 11 is 4.48. The Hall–Kier alpha value is -1.20. The molecule has 3 aromatic rings. The molecule has 0 aromatic heterocycles. The Morgan fingerprint density at radius 3 is 2.43 bits per heavy atom. The normalized spacial score (nSPS) is 10.3. The maximum atomic E-state index is 11.4. The van der Waals surface area contributed by atoms with Crippen LogP contribution in [-0.4, -0.2) is 53.9 Å². The first kappa shape index (κ1) is 18.1. The van der Waals surface area contributed by atoms with Gasteiger partial charge in [-0.3, -0.25) is 0 Å². The van der Waals surface area contributed by atoms with Crippen molar-refractivity contribution in [3.63, 3.8) is 0 Å². The van der Waals surface area contributed by atoms with Gasteiger partial charge in [-0.05, 0) is 41.0 Å². The van der Waals surface area contributed by atoms with Crippen LogP contribution in [0.1, 0.15) is 15.9 Å². The van der Waals surface area contributed by atoms with E-state index in [1.54, 1.807) is 0 Å². The van der Waals surface area contributed by atoms with Crippen LogP contribution in [0.15, 0.2) is 53.4 Å². The molecule has 3 nitrogen and oxygen atoms in total. The number of aromatic carboxylic acids is 1. The fourth-order valence-electron chi connectivity index (χ4n) is 2.63. The molecule has 0 radical (unpaired) electrons. The Morgan fingerprint density at radius 1 is 1.09 bits per heavy atom. The Balaban J connectivity index is 0.00000192. The minimum atomic E-state index is -1.16. The molecule has 23 heavy (non-hydrogen) atoms. The van der Waals surface area contributed by atoms with Crippen LogP contribution in [0.25, 0.3) is 21.9 Å². The van der Waals surface area contributed by atoms with Crippen LogP contribution in [0.3, 0.4) is 0 Å². The van der Waals surface area contributed by atoms with Gasteiger partial charge in [-0.25, -0.2) is 4.79 Å². The molecule has 0 saturated heterocycles. The van der Waals surface area contributed by atoms with E-state index in [9.17, 15) is 15.0 Å². The summed E-state index contributed by atoms with van der Waals surface area (Å²) in [5, 5.41) is 21.4. The number of thiol groups is 1. The number of rotatable bonds is 2. The van der Waals surface area contributed by atoms with Crippen LogP contribution in [0.5, 0.6) is 5.75 Å². The summed E-state index contributed by atoms with van der Waals surface area (Å²) < 4.78 is 0. The van der Waals surface area contributed by atoms with Gasteiger partial charge in [0.25, 0.3) is 0 Å². The second-order valence-electron chi connectivity index (χ2n) is 5.19. The van der Waals surface area contributed by atoms with Gasteiger partial charge in [-0.15, -0.1) is 12.6 Å². The number of benzene rings is 3. The van der Waals surface area contributed by atoms with Crippen molar-refractivity contribution in [2.75, 3.05) is 0 Å². The standard InChI is InChI=1S/C18H14O3S.Ca.2H/c1-10-6-7-13(15(22)8-10)16-12-5-3-2-4-11(12)9-14(17(16)19)18(20)21;;;/h2-9,19,22H,1H3,(H,20,21);;;. The SMILES string of the molecule is Cc1ccc(-c2c(O)c(C(=O)O)cc3ccccc23)c(S)c1.[CaH2]. The van der Waals surface area contributed by atoms with Crippen LogP contribution in [0.2, 0.25) is 0 Å². The third kappa shape index (κ3) is 3.36. The van der Waals surface area contributed by atoms with Crippen molar-refractivity contribution in [3.05, 3.63) is 59.7 Å². The number of aromatic hydroxyl groups is 1. The van der Waals surface area contributed by atoms with Gasteiger partial charge in [0.15, 0.2) is 0 Å². The number of carboxylic acids is 1. The van der Waals surface area contributed by atoms with Crippen LogP contribution >= 0.6 is 12.6 Å². The van der Waals surface area contributed by atoms with Crippen molar-refractivity contribution in [2.45, 2.75) is 11.8 Å². The van der Waals surface area contributed by atoms with E-state index in [2.05, 4.69) is 12.6 Å². The number of fused-ring (bicyclic) bond motifs is 1. The zero-order chi connectivity index (χ0) is 15.9. The summed E-state index contributed by atoms with van der Waals surface area (Å²) in [4.78, 5) is 12.1. The molecule has 3 aromatic carbocycles. The molecule has 0 bridgehead atoms. The molecular formula is C18H16CaO3S. The average molecular weight is 352 g/mol. The number of aryl methyl sites for hydroxylation is 1. The summed E-state index contributed by atoms with van der Waals surface area (Å²) in [5.41, 5.74) is 2.15. The molecule has 0 spiro atoms. The third-order valence-electron chi connectivity index (χ3n) is 3.67. The van der Waals surface area contributed by atoms with Crippen LogP contribution < -0.4 is 0 Å². The van der Waals surface area contributed by atoms with Crippen molar-refractivity contribution >= 4 is 67.1 Å². The monoisotopic (exact) mass is 352 g/mol. The molecule has 0 unspecified atom stereocenters.